The number of hydrogen-bond donors (Lipinski definition) is 2. The zero-order valence-corrected chi connectivity index (χ0v) is 21.4. The zero-order valence-electron chi connectivity index (χ0n) is 21.4. The molecule has 0 saturated carbocycles. The van der Waals surface area contributed by atoms with Gasteiger partial charge in [-0.1, -0.05) is 128 Å². The number of hydrogen-bond acceptors (Lipinski definition) is 3. The minimum atomic E-state index is -0.885. The summed E-state index contributed by atoms with van der Waals surface area (Å²) in [6.45, 7) is 4.90. The molecule has 0 aliphatic heterocycles. The summed E-state index contributed by atoms with van der Waals surface area (Å²) in [5.41, 5.74) is 1.11. The predicted octanol–water partition coefficient (Wildman–Crippen LogP) is 7.91. The highest BCUT2D eigenvalue weighted by Crippen LogP contribution is 2.23. The largest absolute Gasteiger partial charge is 0.481 e. The molecule has 3 atom stereocenters. The summed E-state index contributed by atoms with van der Waals surface area (Å²) in [5, 5.41) is 20.5. The maximum Gasteiger partial charge on any atom is 0.309 e. The van der Waals surface area contributed by atoms with Crippen LogP contribution in [-0.2, 0) is 16.1 Å². The van der Waals surface area contributed by atoms with Crippen molar-refractivity contribution in [2.75, 3.05) is 0 Å². The molecule has 0 bridgehead atoms. The van der Waals surface area contributed by atoms with Gasteiger partial charge in [0.25, 0.3) is 0 Å². The molecule has 0 unspecified atom stereocenters. The van der Waals surface area contributed by atoms with Crippen LogP contribution in [-0.4, -0.2) is 28.4 Å². The van der Waals surface area contributed by atoms with Crippen molar-refractivity contribution in [3.63, 3.8) is 0 Å². The van der Waals surface area contributed by atoms with E-state index in [9.17, 15) is 15.0 Å². The number of aliphatic hydroxyl groups excluding tert-OH is 1. The molecular formula is C29H50O4. The van der Waals surface area contributed by atoms with Crippen LogP contribution in [0.4, 0.5) is 0 Å². The molecule has 33 heavy (non-hydrogen) atoms. The lowest BCUT2D eigenvalue weighted by molar-refractivity contribution is -0.147. The van der Waals surface area contributed by atoms with Crippen molar-refractivity contribution in [1.29, 1.82) is 0 Å². The first-order chi connectivity index (χ1) is 16.1. The topological polar surface area (TPSA) is 66.8 Å². The molecular weight excluding hydrogens is 412 g/mol. The molecule has 0 aliphatic carbocycles. The molecule has 0 saturated heterocycles. The summed E-state index contributed by atoms with van der Waals surface area (Å²) in [4.78, 5) is 11.8. The lowest BCUT2D eigenvalue weighted by Crippen LogP contribution is -2.32. The van der Waals surface area contributed by atoms with Gasteiger partial charge in [-0.25, -0.2) is 0 Å². The summed E-state index contributed by atoms with van der Waals surface area (Å²) >= 11 is 0. The molecule has 4 nitrogen and oxygen atoms in total. The number of unbranched alkanes of at least 4 members (excludes halogenated alkanes) is 11. The van der Waals surface area contributed by atoms with Crippen LogP contribution in [0.3, 0.4) is 0 Å². The fourth-order valence-electron chi connectivity index (χ4n) is 4.45. The molecule has 1 rings (SSSR count). The number of carbonyl (C=O) groups is 1. The van der Waals surface area contributed by atoms with Gasteiger partial charge in [-0.05, 0) is 18.4 Å². The minimum absolute atomic E-state index is 0.109. The second-order valence-corrected chi connectivity index (χ2v) is 9.63. The number of aliphatic hydroxyl groups is 1. The first-order valence-corrected chi connectivity index (χ1v) is 13.6. The average molecular weight is 463 g/mol. The van der Waals surface area contributed by atoms with Crippen LogP contribution in [0, 0.1) is 5.92 Å². The Hall–Kier alpha value is -1.39. The van der Waals surface area contributed by atoms with Gasteiger partial charge in [0.2, 0.25) is 0 Å². The smallest absolute Gasteiger partial charge is 0.309 e. The lowest BCUT2D eigenvalue weighted by atomic mass is 9.90. The van der Waals surface area contributed by atoms with Crippen LogP contribution >= 0.6 is 0 Å². The first kappa shape index (κ1) is 29.6. The van der Waals surface area contributed by atoms with E-state index >= 15 is 0 Å². The van der Waals surface area contributed by atoms with E-state index in [1.807, 2.05) is 30.3 Å². The van der Waals surface area contributed by atoms with Crippen molar-refractivity contribution in [2.24, 2.45) is 5.92 Å². The Bertz CT molecular complexity index is 574. The van der Waals surface area contributed by atoms with Crippen LogP contribution in [0.15, 0.2) is 30.3 Å². The monoisotopic (exact) mass is 462 g/mol. The third kappa shape index (κ3) is 15.2. The molecule has 1 aromatic rings. The van der Waals surface area contributed by atoms with Gasteiger partial charge in [-0.2, -0.15) is 0 Å². The Labute approximate surface area is 203 Å². The predicted molar refractivity (Wildman–Crippen MR) is 137 cm³/mol. The van der Waals surface area contributed by atoms with Crippen LogP contribution in [0.5, 0.6) is 0 Å². The van der Waals surface area contributed by atoms with Crippen molar-refractivity contribution in [1.82, 2.24) is 0 Å². The van der Waals surface area contributed by atoms with Crippen LogP contribution in [0.1, 0.15) is 122 Å². The number of carboxylic acids is 1. The zero-order chi connectivity index (χ0) is 24.2. The van der Waals surface area contributed by atoms with Crippen molar-refractivity contribution in [3.8, 4) is 0 Å². The standard InChI is InChI=1S/C29H50O4/c1-3-5-7-9-10-11-12-13-17-21-26(33-24-25-19-15-14-16-20-25)23-28(30)27(29(31)32)22-18-8-6-4-2/h14-16,19-20,26-28,30H,3-13,17-18,21-24H2,1-2H3,(H,31,32)/t26-,27-,28-/m0/s1. The quantitative estimate of drug-likeness (QED) is 0.172. The lowest BCUT2D eigenvalue weighted by Gasteiger charge is -2.25. The van der Waals surface area contributed by atoms with E-state index in [0.717, 1.165) is 44.1 Å². The Balaban J connectivity index is 2.49. The molecule has 0 fully saturated rings. The van der Waals surface area contributed by atoms with Crippen molar-refractivity contribution in [2.45, 2.75) is 135 Å². The number of aliphatic carboxylic acids is 1. The van der Waals surface area contributed by atoms with Gasteiger partial charge in [0.1, 0.15) is 0 Å². The third-order valence-corrected chi connectivity index (χ3v) is 6.61. The van der Waals surface area contributed by atoms with E-state index in [1.165, 1.54) is 51.4 Å². The molecule has 4 heteroatoms. The van der Waals surface area contributed by atoms with Gasteiger partial charge in [-0.3, -0.25) is 4.79 Å². The normalized spacial score (nSPS) is 14.2. The van der Waals surface area contributed by atoms with Gasteiger partial charge < -0.3 is 14.9 Å². The van der Waals surface area contributed by atoms with Crippen LogP contribution in [0.2, 0.25) is 0 Å². The van der Waals surface area contributed by atoms with Crippen LogP contribution < -0.4 is 0 Å². The number of carboxylic acid groups (broad SMARTS) is 1. The van der Waals surface area contributed by atoms with E-state index < -0.39 is 18.0 Å². The van der Waals surface area contributed by atoms with E-state index in [2.05, 4.69) is 13.8 Å². The van der Waals surface area contributed by atoms with E-state index in [1.54, 1.807) is 0 Å². The fourth-order valence-corrected chi connectivity index (χ4v) is 4.45. The summed E-state index contributed by atoms with van der Waals surface area (Å²) in [7, 11) is 0. The number of rotatable bonds is 22. The number of benzene rings is 1. The maximum atomic E-state index is 11.8. The van der Waals surface area contributed by atoms with E-state index in [4.69, 9.17) is 4.74 Å². The second kappa shape index (κ2) is 20.0. The average Bonchev–Trinajstić information content (AvgIpc) is 2.81. The van der Waals surface area contributed by atoms with Gasteiger partial charge in [0, 0.05) is 6.42 Å². The van der Waals surface area contributed by atoms with Gasteiger partial charge >= 0.3 is 5.97 Å². The molecule has 0 heterocycles. The summed E-state index contributed by atoms with van der Waals surface area (Å²) in [5.74, 6) is -1.59. The molecule has 0 spiro atoms. The van der Waals surface area contributed by atoms with E-state index in [-0.39, 0.29) is 6.10 Å². The van der Waals surface area contributed by atoms with Crippen LogP contribution in [0.25, 0.3) is 0 Å². The number of ether oxygens (including phenoxy) is 1. The highest BCUT2D eigenvalue weighted by atomic mass is 16.5. The first-order valence-electron chi connectivity index (χ1n) is 13.6. The second-order valence-electron chi connectivity index (χ2n) is 9.63. The highest BCUT2D eigenvalue weighted by molar-refractivity contribution is 5.70. The van der Waals surface area contributed by atoms with Crippen molar-refractivity contribution in [3.05, 3.63) is 35.9 Å². The Kier molecular flexibility index (Phi) is 18.0. The van der Waals surface area contributed by atoms with Gasteiger partial charge in [-0.15, -0.1) is 0 Å². The Morgan fingerprint density at radius 1 is 0.788 bits per heavy atom. The Morgan fingerprint density at radius 3 is 1.88 bits per heavy atom. The molecule has 0 aromatic heterocycles. The SMILES string of the molecule is CCCCCCCCCCC[C@@H](C[C@H](O)[C@H](CCCCCC)C(=O)O)OCc1ccccc1. The van der Waals surface area contributed by atoms with Gasteiger partial charge in [0.05, 0.1) is 24.7 Å². The summed E-state index contributed by atoms with van der Waals surface area (Å²) in [6, 6.07) is 10.1. The van der Waals surface area contributed by atoms with Gasteiger partial charge in [0.15, 0.2) is 0 Å². The molecule has 0 aliphatic rings. The maximum absolute atomic E-state index is 11.8. The summed E-state index contributed by atoms with van der Waals surface area (Å²) < 4.78 is 6.19. The minimum Gasteiger partial charge on any atom is -0.481 e. The highest BCUT2D eigenvalue weighted by Gasteiger charge is 2.28. The fraction of sp³-hybridized carbons (Fsp3) is 0.759. The Morgan fingerprint density at radius 2 is 1.30 bits per heavy atom. The van der Waals surface area contributed by atoms with E-state index in [0.29, 0.717) is 19.4 Å². The van der Waals surface area contributed by atoms with Crippen molar-refractivity contribution < 1.29 is 19.7 Å². The molecule has 1 aromatic carbocycles. The molecule has 0 radical (unpaired) electrons. The third-order valence-electron chi connectivity index (χ3n) is 6.61. The molecule has 0 amide bonds. The summed E-state index contributed by atoms with van der Waals surface area (Å²) in [6.07, 6.45) is 16.4. The molecule has 190 valence electrons. The van der Waals surface area contributed by atoms with Crippen molar-refractivity contribution >= 4 is 5.97 Å². The molecule has 2 N–H and O–H groups in total.